The molecular formula is C13H13BrClN3O2. The molecule has 0 radical (unpaired) electrons. The third-order valence-electron chi connectivity index (χ3n) is 2.70. The van der Waals surface area contributed by atoms with Crippen LogP contribution < -0.4 is 15.2 Å². The maximum atomic E-state index is 6.43. The molecule has 0 saturated heterocycles. The van der Waals surface area contributed by atoms with Crippen molar-refractivity contribution in [1.82, 2.24) is 9.97 Å². The molecule has 2 aromatic rings. The average molecular weight is 359 g/mol. The molecule has 0 amide bonds. The Bertz CT molecular complexity index is 602. The Labute approximate surface area is 130 Å². The highest BCUT2D eigenvalue weighted by Gasteiger charge is 2.20. The van der Waals surface area contributed by atoms with Crippen molar-refractivity contribution in [2.75, 3.05) is 20.0 Å². The minimum atomic E-state index is -0.600. The molecule has 0 fully saturated rings. The Morgan fingerprint density at radius 3 is 2.35 bits per heavy atom. The Morgan fingerprint density at radius 2 is 1.80 bits per heavy atom. The van der Waals surface area contributed by atoms with Gasteiger partial charge >= 0.3 is 0 Å². The highest BCUT2D eigenvalue weighted by molar-refractivity contribution is 9.10. The van der Waals surface area contributed by atoms with Crippen molar-refractivity contribution < 1.29 is 9.47 Å². The summed E-state index contributed by atoms with van der Waals surface area (Å²) in [6, 6.07) is 7.10. The van der Waals surface area contributed by atoms with Gasteiger partial charge in [0.2, 0.25) is 11.8 Å². The number of hydrogen-bond acceptors (Lipinski definition) is 5. The number of aromatic nitrogens is 2. The van der Waals surface area contributed by atoms with Gasteiger partial charge in [-0.05, 0) is 22.0 Å². The second-order valence-corrected chi connectivity index (χ2v) is 5.21. The van der Waals surface area contributed by atoms with Gasteiger partial charge in [0.1, 0.15) is 5.38 Å². The molecule has 1 unspecified atom stereocenters. The van der Waals surface area contributed by atoms with E-state index >= 15 is 0 Å². The van der Waals surface area contributed by atoms with Gasteiger partial charge in [0.05, 0.1) is 26.0 Å². The smallest absolute Gasteiger partial charge is 0.220 e. The van der Waals surface area contributed by atoms with E-state index in [0.717, 1.165) is 10.0 Å². The van der Waals surface area contributed by atoms with E-state index in [4.69, 9.17) is 26.8 Å². The molecule has 2 rings (SSSR count). The van der Waals surface area contributed by atoms with Crippen molar-refractivity contribution in [1.29, 1.82) is 0 Å². The fourth-order valence-electron chi connectivity index (χ4n) is 1.66. The van der Waals surface area contributed by atoms with E-state index in [1.54, 1.807) is 6.07 Å². The van der Waals surface area contributed by atoms with Gasteiger partial charge in [0, 0.05) is 10.0 Å². The number of para-hydroxylation sites is 1. The second-order valence-electron chi connectivity index (χ2n) is 3.92. The van der Waals surface area contributed by atoms with Crippen molar-refractivity contribution in [3.05, 3.63) is 40.1 Å². The van der Waals surface area contributed by atoms with Gasteiger partial charge in [-0.3, -0.25) is 0 Å². The molecule has 1 atom stereocenters. The summed E-state index contributed by atoms with van der Waals surface area (Å²) in [4.78, 5) is 8.46. The SMILES string of the molecule is COc1cc(OC)nc(C(Cl)c2cccc(Br)c2N)n1. The van der Waals surface area contributed by atoms with Gasteiger partial charge in [0.15, 0.2) is 5.82 Å². The summed E-state index contributed by atoms with van der Waals surface area (Å²) in [5.41, 5.74) is 7.29. The van der Waals surface area contributed by atoms with Crippen LogP contribution in [0.25, 0.3) is 0 Å². The van der Waals surface area contributed by atoms with E-state index in [9.17, 15) is 0 Å². The number of nitrogen functional groups attached to an aromatic ring is 1. The van der Waals surface area contributed by atoms with Gasteiger partial charge < -0.3 is 15.2 Å². The topological polar surface area (TPSA) is 70.3 Å². The van der Waals surface area contributed by atoms with Crippen molar-refractivity contribution in [2.45, 2.75) is 5.38 Å². The molecule has 1 aromatic heterocycles. The number of hydrogen-bond donors (Lipinski definition) is 1. The molecule has 106 valence electrons. The van der Waals surface area contributed by atoms with Crippen LogP contribution in [-0.4, -0.2) is 24.2 Å². The summed E-state index contributed by atoms with van der Waals surface area (Å²) in [5, 5.41) is -0.600. The Morgan fingerprint density at radius 1 is 1.20 bits per heavy atom. The lowest BCUT2D eigenvalue weighted by Crippen LogP contribution is -2.06. The standard InChI is InChI=1S/C13H13BrClN3O2/c1-19-9-6-10(20-2)18-13(17-9)11(15)7-4-3-5-8(14)12(7)16/h3-6,11H,16H2,1-2H3. The van der Waals surface area contributed by atoms with E-state index in [1.165, 1.54) is 14.2 Å². The minimum absolute atomic E-state index is 0.368. The first-order valence-corrected chi connectivity index (χ1v) is 6.94. The largest absolute Gasteiger partial charge is 0.481 e. The Kier molecular flexibility index (Phi) is 4.67. The first-order chi connectivity index (χ1) is 9.56. The Balaban J connectivity index is 2.47. The van der Waals surface area contributed by atoms with Crippen molar-refractivity contribution in [3.8, 4) is 11.8 Å². The fraction of sp³-hybridized carbons (Fsp3) is 0.231. The number of benzene rings is 1. The molecule has 0 spiro atoms. The summed E-state index contributed by atoms with van der Waals surface area (Å²) >= 11 is 9.80. The summed E-state index contributed by atoms with van der Waals surface area (Å²) in [7, 11) is 3.03. The molecule has 1 heterocycles. The zero-order valence-corrected chi connectivity index (χ0v) is 13.3. The number of rotatable bonds is 4. The van der Waals surface area contributed by atoms with Crippen LogP contribution in [0.1, 0.15) is 16.8 Å². The molecule has 2 N–H and O–H groups in total. The van der Waals surface area contributed by atoms with E-state index < -0.39 is 5.38 Å². The molecule has 7 heteroatoms. The molecule has 0 aliphatic carbocycles. The highest BCUT2D eigenvalue weighted by atomic mass is 79.9. The van der Waals surface area contributed by atoms with Gasteiger partial charge in [-0.25, -0.2) is 0 Å². The van der Waals surface area contributed by atoms with Crippen molar-refractivity contribution in [3.63, 3.8) is 0 Å². The summed E-state index contributed by atoms with van der Waals surface area (Å²) < 4.78 is 11.0. The molecular weight excluding hydrogens is 346 g/mol. The van der Waals surface area contributed by atoms with Gasteiger partial charge in [-0.2, -0.15) is 9.97 Å². The monoisotopic (exact) mass is 357 g/mol. The lowest BCUT2D eigenvalue weighted by molar-refractivity contribution is 0.368. The van der Waals surface area contributed by atoms with Crippen LogP contribution in [0, 0.1) is 0 Å². The predicted octanol–water partition coefficient (Wildman–Crippen LogP) is 3.17. The zero-order chi connectivity index (χ0) is 14.7. The number of anilines is 1. The van der Waals surface area contributed by atoms with Crippen LogP contribution in [0.5, 0.6) is 11.8 Å². The minimum Gasteiger partial charge on any atom is -0.481 e. The van der Waals surface area contributed by atoms with Crippen LogP contribution in [0.4, 0.5) is 5.69 Å². The second kappa shape index (κ2) is 6.28. The third kappa shape index (κ3) is 2.96. The summed E-state index contributed by atoms with van der Waals surface area (Å²) in [6.07, 6.45) is 0. The Hall–Kier alpha value is -1.53. The van der Waals surface area contributed by atoms with E-state index in [0.29, 0.717) is 23.3 Å². The maximum absolute atomic E-state index is 6.43. The number of methoxy groups -OCH3 is 2. The number of halogens is 2. The van der Waals surface area contributed by atoms with Crippen molar-refractivity contribution in [2.24, 2.45) is 0 Å². The quantitative estimate of drug-likeness (QED) is 0.671. The normalized spacial score (nSPS) is 12.0. The molecule has 0 saturated carbocycles. The molecule has 20 heavy (non-hydrogen) atoms. The van der Waals surface area contributed by atoms with E-state index in [-0.39, 0.29) is 0 Å². The van der Waals surface area contributed by atoms with Crippen LogP contribution in [0.15, 0.2) is 28.7 Å². The van der Waals surface area contributed by atoms with Crippen LogP contribution in [0.2, 0.25) is 0 Å². The summed E-state index contributed by atoms with van der Waals surface area (Å²) in [6.45, 7) is 0. The summed E-state index contributed by atoms with van der Waals surface area (Å²) in [5.74, 6) is 1.13. The van der Waals surface area contributed by atoms with Gasteiger partial charge in [0.25, 0.3) is 0 Å². The lowest BCUT2D eigenvalue weighted by atomic mass is 10.1. The molecule has 0 bridgehead atoms. The number of nitrogens with two attached hydrogens (primary N) is 1. The lowest BCUT2D eigenvalue weighted by Gasteiger charge is -2.14. The number of alkyl halides is 1. The zero-order valence-electron chi connectivity index (χ0n) is 10.9. The van der Waals surface area contributed by atoms with Gasteiger partial charge in [-0.1, -0.05) is 12.1 Å². The molecule has 0 aliphatic rings. The first kappa shape index (κ1) is 14.9. The third-order valence-corrected chi connectivity index (χ3v) is 3.82. The average Bonchev–Trinajstić information content (AvgIpc) is 2.48. The predicted molar refractivity (Wildman–Crippen MR) is 81.4 cm³/mol. The fourth-order valence-corrected chi connectivity index (χ4v) is 2.33. The number of nitrogens with zero attached hydrogens (tertiary/aromatic N) is 2. The molecule has 0 aliphatic heterocycles. The van der Waals surface area contributed by atoms with Crippen LogP contribution in [0.3, 0.4) is 0 Å². The maximum Gasteiger partial charge on any atom is 0.220 e. The highest BCUT2D eigenvalue weighted by Crippen LogP contribution is 2.35. The van der Waals surface area contributed by atoms with Gasteiger partial charge in [-0.15, -0.1) is 11.6 Å². The number of ether oxygens (including phenoxy) is 2. The molecule has 1 aromatic carbocycles. The first-order valence-electron chi connectivity index (χ1n) is 5.71. The van der Waals surface area contributed by atoms with Crippen molar-refractivity contribution >= 4 is 33.2 Å². The molecule has 5 nitrogen and oxygen atoms in total. The van der Waals surface area contributed by atoms with Crippen LogP contribution >= 0.6 is 27.5 Å². The van der Waals surface area contributed by atoms with E-state index in [1.807, 2.05) is 18.2 Å². The van der Waals surface area contributed by atoms with Crippen LogP contribution in [-0.2, 0) is 0 Å². The van der Waals surface area contributed by atoms with E-state index in [2.05, 4.69) is 25.9 Å².